The van der Waals surface area contributed by atoms with E-state index in [9.17, 15) is 9.59 Å². The van der Waals surface area contributed by atoms with Crippen molar-refractivity contribution in [2.24, 2.45) is 0 Å². The second-order valence-electron chi connectivity index (χ2n) is 8.78. The van der Waals surface area contributed by atoms with Gasteiger partial charge in [-0.05, 0) is 0 Å². The van der Waals surface area contributed by atoms with Crippen molar-refractivity contribution >= 4 is 30.3 Å². The van der Waals surface area contributed by atoms with Gasteiger partial charge in [-0.15, -0.1) is 0 Å². The van der Waals surface area contributed by atoms with Gasteiger partial charge in [-0.25, -0.2) is 0 Å². The average Bonchev–Trinajstić information content (AvgIpc) is 2.76. The molecule has 0 radical (unpaired) electrons. The van der Waals surface area contributed by atoms with Crippen LogP contribution in [0.1, 0.15) is 112 Å². The monoisotopic (exact) mass is 546 g/mol. The Morgan fingerprint density at radius 3 is 1.58 bits per heavy atom. The van der Waals surface area contributed by atoms with Crippen LogP contribution in [0.3, 0.4) is 0 Å². The third kappa shape index (κ3) is 12.3. The molecule has 5 heteroatoms. The second kappa shape index (κ2) is 19.0. The molecular weight excluding hydrogens is 495 g/mol. The molecule has 0 aliphatic carbocycles. The molecule has 0 rings (SSSR count). The summed E-state index contributed by atoms with van der Waals surface area (Å²) in [7, 11) is 0. The molecule has 0 aromatic carbocycles. The third-order valence-electron chi connectivity index (χ3n) is 6.41. The Labute approximate surface area is 196 Å². The van der Waals surface area contributed by atoms with Crippen molar-refractivity contribution in [1.29, 1.82) is 0 Å². The number of hydrogen-bond donors (Lipinski definition) is 0. The number of carbonyl (C=O) groups excluding carboxylic acids is 2. The molecule has 0 saturated heterocycles. The quantitative estimate of drug-likeness (QED) is 0.0721. The molecule has 182 valence electrons. The first-order chi connectivity index (χ1) is 14.9. The van der Waals surface area contributed by atoms with Crippen LogP contribution >= 0.6 is 0 Å². The molecule has 0 atom stereocenters. The van der Waals surface area contributed by atoms with E-state index in [0.717, 1.165) is 31.3 Å². The van der Waals surface area contributed by atoms with Crippen molar-refractivity contribution in [2.45, 2.75) is 125 Å². The van der Waals surface area contributed by atoms with Gasteiger partial charge in [0, 0.05) is 0 Å². The van der Waals surface area contributed by atoms with Gasteiger partial charge >= 0.3 is 197 Å². The fourth-order valence-corrected chi connectivity index (χ4v) is 21.1. The van der Waals surface area contributed by atoms with E-state index in [4.69, 9.17) is 9.47 Å². The Morgan fingerprint density at radius 2 is 1.13 bits per heavy atom. The van der Waals surface area contributed by atoms with E-state index in [1.165, 1.54) is 55.4 Å². The van der Waals surface area contributed by atoms with Crippen LogP contribution in [0.4, 0.5) is 0 Å². The molecule has 0 aromatic rings. The summed E-state index contributed by atoms with van der Waals surface area (Å²) in [6.45, 7) is 13.7. The predicted molar refractivity (Wildman–Crippen MR) is 134 cm³/mol. The fourth-order valence-electron chi connectivity index (χ4n) is 4.44. The zero-order valence-corrected chi connectivity index (χ0v) is 24.3. The summed E-state index contributed by atoms with van der Waals surface area (Å²) in [5.41, 5.74) is 0.983. The first-order valence-corrected chi connectivity index (χ1v) is 20.4. The van der Waals surface area contributed by atoms with Gasteiger partial charge in [-0.3, -0.25) is 0 Å². The Morgan fingerprint density at radius 1 is 0.645 bits per heavy atom. The number of unbranched alkanes of at least 4 members (excludes halogenated alkanes) is 5. The number of carbonyl (C=O) groups is 2. The topological polar surface area (TPSA) is 52.6 Å². The fraction of sp³-hybridized carbons (Fsp3) is 0.846. The zero-order valence-electron chi connectivity index (χ0n) is 21.4. The van der Waals surface area contributed by atoms with E-state index >= 15 is 0 Å². The van der Waals surface area contributed by atoms with Crippen molar-refractivity contribution in [3.63, 3.8) is 0 Å². The molecule has 0 heterocycles. The minimum absolute atomic E-state index is 0.0871. The number of esters is 2. The molecule has 0 aromatic heterocycles. The molecule has 0 N–H and O–H groups in total. The summed E-state index contributed by atoms with van der Waals surface area (Å²) < 4.78 is 16.1. The van der Waals surface area contributed by atoms with Crippen molar-refractivity contribution < 1.29 is 19.1 Å². The van der Waals surface area contributed by atoms with E-state index in [0.29, 0.717) is 19.6 Å². The molecule has 4 nitrogen and oxygen atoms in total. The molecule has 0 unspecified atom stereocenters. The van der Waals surface area contributed by atoms with Crippen LogP contribution in [-0.2, 0) is 19.1 Å². The molecule has 31 heavy (non-hydrogen) atoms. The molecule has 0 bridgehead atoms. The van der Waals surface area contributed by atoms with Gasteiger partial charge in [-0.2, -0.15) is 0 Å². The van der Waals surface area contributed by atoms with E-state index < -0.39 is 18.4 Å². The summed E-state index contributed by atoms with van der Waals surface area (Å²) in [5.74, 6) is -0.204. The Bertz CT molecular complexity index is 506. The number of ether oxygens (including phenoxy) is 2. The van der Waals surface area contributed by atoms with E-state index in [2.05, 4.69) is 27.7 Å². The van der Waals surface area contributed by atoms with Crippen LogP contribution in [0.15, 0.2) is 9.16 Å². The second-order valence-corrected chi connectivity index (χ2v) is 22.5. The summed E-state index contributed by atoms with van der Waals surface area (Å²) >= 11 is -2.64. The Hall–Kier alpha value is -0.521. The van der Waals surface area contributed by atoms with Crippen molar-refractivity contribution in [1.82, 2.24) is 0 Å². The van der Waals surface area contributed by atoms with Gasteiger partial charge in [0.25, 0.3) is 0 Å². The number of hydrogen-bond acceptors (Lipinski definition) is 4. The van der Waals surface area contributed by atoms with Crippen molar-refractivity contribution in [3.05, 3.63) is 9.16 Å². The first-order valence-electron chi connectivity index (χ1n) is 12.9. The maximum absolute atomic E-state index is 13.0. The van der Waals surface area contributed by atoms with Gasteiger partial charge in [-0.1, -0.05) is 0 Å². The summed E-state index contributed by atoms with van der Waals surface area (Å²) in [5, 5.41) is 0. The van der Waals surface area contributed by atoms with Crippen molar-refractivity contribution in [3.8, 4) is 0 Å². The van der Waals surface area contributed by atoms with Gasteiger partial charge in [0.1, 0.15) is 0 Å². The molecule has 0 amide bonds. The zero-order chi connectivity index (χ0) is 23.5. The van der Waals surface area contributed by atoms with Gasteiger partial charge < -0.3 is 0 Å². The molecular formula is C26H50O4Sn. The van der Waals surface area contributed by atoms with Crippen LogP contribution in [0.5, 0.6) is 0 Å². The summed E-state index contributed by atoms with van der Waals surface area (Å²) in [6.07, 6.45) is 11.5. The van der Waals surface area contributed by atoms with Gasteiger partial charge in [0.2, 0.25) is 0 Å². The van der Waals surface area contributed by atoms with E-state index in [1.54, 1.807) is 0 Å². The standard InChI is InChI=1S/C14H23O4.3C4H9.Sn/c1-4-12(14(16)18-6-3)10-8-7-9-11-13(15)17-5-2;3*1-3-4-2;/h5-11H2,1-3H3;3*1,3-4H2,2H3;. The molecule has 0 saturated carbocycles. The van der Waals surface area contributed by atoms with Crippen LogP contribution in [-0.4, -0.2) is 43.5 Å². The van der Waals surface area contributed by atoms with Crippen molar-refractivity contribution in [2.75, 3.05) is 13.2 Å². The summed E-state index contributed by atoms with van der Waals surface area (Å²) in [6, 6.07) is 0. The van der Waals surface area contributed by atoms with Gasteiger partial charge in [0.15, 0.2) is 0 Å². The predicted octanol–water partition coefficient (Wildman–Crippen LogP) is 7.77. The van der Waals surface area contributed by atoms with Crippen LogP contribution < -0.4 is 0 Å². The Balaban J connectivity index is 5.61. The van der Waals surface area contributed by atoms with Crippen LogP contribution in [0, 0.1) is 0 Å². The third-order valence-corrected chi connectivity index (χ3v) is 23.0. The summed E-state index contributed by atoms with van der Waals surface area (Å²) in [4.78, 5) is 24.6. The molecule has 0 aliphatic rings. The average molecular weight is 545 g/mol. The minimum atomic E-state index is -2.64. The Kier molecular flexibility index (Phi) is 18.7. The first kappa shape index (κ1) is 30.5. The maximum atomic E-state index is 13.0. The van der Waals surface area contributed by atoms with Crippen LogP contribution in [0.25, 0.3) is 0 Å². The molecule has 0 spiro atoms. The van der Waals surface area contributed by atoms with E-state index in [1.807, 2.05) is 13.8 Å². The SMILES string of the molecule is CCC[CH2][Sn]([CH2]CCC)([CH2]CCC)/[C](C)=C(/CCCCCC(=O)OCC)C(=O)OCC. The normalized spacial score (nSPS) is 12.5. The van der Waals surface area contributed by atoms with Gasteiger partial charge in [0.05, 0.1) is 0 Å². The number of rotatable bonds is 19. The number of allylic oxidation sites excluding steroid dienone is 1. The molecule has 0 fully saturated rings. The molecule has 0 aliphatic heterocycles. The van der Waals surface area contributed by atoms with Crippen LogP contribution in [0.2, 0.25) is 13.3 Å². The van der Waals surface area contributed by atoms with E-state index in [-0.39, 0.29) is 11.9 Å².